The van der Waals surface area contributed by atoms with Gasteiger partial charge in [-0.05, 0) is 25.0 Å². The molecule has 0 unspecified atom stereocenters. The first kappa shape index (κ1) is 15.3. The summed E-state index contributed by atoms with van der Waals surface area (Å²) in [6.07, 6.45) is 0. The van der Waals surface area contributed by atoms with E-state index in [-0.39, 0.29) is 0 Å². The van der Waals surface area contributed by atoms with Crippen molar-refractivity contribution in [1.29, 1.82) is 0 Å². The van der Waals surface area contributed by atoms with Crippen LogP contribution < -0.4 is 10.6 Å². The van der Waals surface area contributed by atoms with Crippen LogP contribution in [0.25, 0.3) is 0 Å². The largest absolute Gasteiger partial charge is 0.383 e. The normalized spacial score (nSPS) is 10.4. The first-order valence-corrected chi connectivity index (χ1v) is 7.06. The number of anilines is 2. The Hall–Kier alpha value is -2.14. The van der Waals surface area contributed by atoms with Gasteiger partial charge in [-0.25, -0.2) is 4.98 Å². The number of aromatic nitrogens is 2. The fourth-order valence-corrected chi connectivity index (χ4v) is 2.00. The molecule has 0 atom stereocenters. The molecule has 0 bridgehead atoms. The third-order valence-corrected chi connectivity index (χ3v) is 3.16. The number of hydrogen-bond acceptors (Lipinski definition) is 5. The predicted molar refractivity (Wildman–Crippen MR) is 85.6 cm³/mol. The van der Waals surface area contributed by atoms with E-state index in [0.717, 1.165) is 18.1 Å². The summed E-state index contributed by atoms with van der Waals surface area (Å²) < 4.78 is 5.02. The Morgan fingerprint density at radius 1 is 1.10 bits per heavy atom. The molecule has 1 aromatic carbocycles. The maximum Gasteiger partial charge on any atom is 0.225 e. The maximum atomic E-state index is 5.02. The average molecular weight is 286 g/mol. The predicted octanol–water partition coefficient (Wildman–Crippen LogP) is 2.76. The zero-order valence-corrected chi connectivity index (χ0v) is 12.8. The lowest BCUT2D eigenvalue weighted by molar-refractivity contribution is 0.210. The highest BCUT2D eigenvalue weighted by Crippen LogP contribution is 2.12. The van der Waals surface area contributed by atoms with Crippen molar-refractivity contribution in [1.82, 2.24) is 9.97 Å². The van der Waals surface area contributed by atoms with E-state index in [1.807, 2.05) is 25.1 Å². The number of hydrogen-bond donors (Lipinski definition) is 2. The summed E-state index contributed by atoms with van der Waals surface area (Å²) >= 11 is 0. The van der Waals surface area contributed by atoms with Gasteiger partial charge in [0.2, 0.25) is 5.95 Å². The maximum absolute atomic E-state index is 5.02. The third-order valence-electron chi connectivity index (χ3n) is 3.16. The van der Waals surface area contributed by atoms with Crippen LogP contribution in [-0.4, -0.2) is 30.2 Å². The molecular formula is C16H22N4O. The standard InChI is InChI=1S/C16H22N4O/c1-12-6-4-5-7-14(12)11-18-16-19-13(2)10-15(20-16)17-8-9-21-3/h4-7,10H,8-9,11H2,1-3H3,(H2,17,18,19,20). The number of aryl methyl sites for hydroxylation is 2. The Bertz CT molecular complexity index is 586. The molecule has 0 aliphatic carbocycles. The third kappa shape index (κ3) is 4.72. The van der Waals surface area contributed by atoms with Crippen molar-refractivity contribution in [2.75, 3.05) is 30.9 Å². The molecule has 0 saturated heterocycles. The van der Waals surface area contributed by atoms with Gasteiger partial charge in [-0.3, -0.25) is 0 Å². The van der Waals surface area contributed by atoms with Gasteiger partial charge in [-0.1, -0.05) is 24.3 Å². The van der Waals surface area contributed by atoms with Crippen LogP contribution in [0.15, 0.2) is 30.3 Å². The van der Waals surface area contributed by atoms with E-state index in [1.165, 1.54) is 11.1 Å². The minimum absolute atomic E-state index is 0.637. The number of rotatable bonds is 7. The van der Waals surface area contributed by atoms with Crippen LogP contribution in [0.5, 0.6) is 0 Å². The van der Waals surface area contributed by atoms with Crippen molar-refractivity contribution in [3.05, 3.63) is 47.2 Å². The number of nitrogens with zero attached hydrogens (tertiary/aromatic N) is 2. The van der Waals surface area contributed by atoms with Crippen LogP contribution in [0.3, 0.4) is 0 Å². The van der Waals surface area contributed by atoms with Gasteiger partial charge in [0.05, 0.1) is 6.61 Å². The van der Waals surface area contributed by atoms with Crippen molar-refractivity contribution < 1.29 is 4.74 Å². The van der Waals surface area contributed by atoms with Crippen molar-refractivity contribution in [3.63, 3.8) is 0 Å². The molecule has 0 saturated carbocycles. The second-order valence-corrected chi connectivity index (χ2v) is 4.92. The molecule has 5 nitrogen and oxygen atoms in total. The zero-order chi connectivity index (χ0) is 15.1. The van der Waals surface area contributed by atoms with E-state index in [2.05, 4.69) is 39.7 Å². The summed E-state index contributed by atoms with van der Waals surface area (Å²) in [5, 5.41) is 6.50. The molecule has 0 aliphatic heterocycles. The topological polar surface area (TPSA) is 59.1 Å². The van der Waals surface area contributed by atoms with Gasteiger partial charge in [-0.15, -0.1) is 0 Å². The SMILES string of the molecule is COCCNc1cc(C)nc(NCc2ccccc2C)n1. The highest BCUT2D eigenvalue weighted by Gasteiger charge is 2.03. The number of ether oxygens (including phenoxy) is 1. The lowest BCUT2D eigenvalue weighted by atomic mass is 10.1. The summed E-state index contributed by atoms with van der Waals surface area (Å²) in [4.78, 5) is 8.87. The minimum atomic E-state index is 0.637. The fraction of sp³-hybridized carbons (Fsp3) is 0.375. The summed E-state index contributed by atoms with van der Waals surface area (Å²) in [6.45, 7) is 6.15. The van der Waals surface area contributed by atoms with Crippen molar-refractivity contribution in [2.45, 2.75) is 20.4 Å². The molecule has 112 valence electrons. The van der Waals surface area contributed by atoms with E-state index in [0.29, 0.717) is 19.1 Å². The van der Waals surface area contributed by atoms with Crippen LogP contribution in [0.2, 0.25) is 0 Å². The molecule has 0 spiro atoms. The van der Waals surface area contributed by atoms with Gasteiger partial charge in [0.15, 0.2) is 0 Å². The Morgan fingerprint density at radius 3 is 2.67 bits per heavy atom. The van der Waals surface area contributed by atoms with E-state index in [4.69, 9.17) is 4.74 Å². The molecule has 0 amide bonds. The average Bonchev–Trinajstić information content (AvgIpc) is 2.46. The van der Waals surface area contributed by atoms with Gasteiger partial charge >= 0.3 is 0 Å². The van der Waals surface area contributed by atoms with E-state index in [9.17, 15) is 0 Å². The monoisotopic (exact) mass is 286 g/mol. The van der Waals surface area contributed by atoms with Crippen LogP contribution >= 0.6 is 0 Å². The Balaban J connectivity index is 2.01. The van der Waals surface area contributed by atoms with Gasteiger partial charge in [0, 0.05) is 32.0 Å². The Morgan fingerprint density at radius 2 is 1.90 bits per heavy atom. The number of nitrogens with one attached hydrogen (secondary N) is 2. The summed E-state index contributed by atoms with van der Waals surface area (Å²) in [5.74, 6) is 1.45. The van der Waals surface area contributed by atoms with Crippen LogP contribution in [0.1, 0.15) is 16.8 Å². The van der Waals surface area contributed by atoms with Crippen molar-refractivity contribution in [2.24, 2.45) is 0 Å². The molecule has 0 radical (unpaired) electrons. The quantitative estimate of drug-likeness (QED) is 0.766. The van der Waals surface area contributed by atoms with Crippen LogP contribution in [0.4, 0.5) is 11.8 Å². The molecule has 1 heterocycles. The van der Waals surface area contributed by atoms with Gasteiger partial charge < -0.3 is 15.4 Å². The Kier molecular flexibility index (Phi) is 5.51. The molecule has 0 aliphatic rings. The number of benzene rings is 1. The van der Waals surface area contributed by atoms with Gasteiger partial charge in [0.25, 0.3) is 0 Å². The second-order valence-electron chi connectivity index (χ2n) is 4.92. The molecule has 2 aromatic rings. The molecule has 1 aromatic heterocycles. The fourth-order valence-electron chi connectivity index (χ4n) is 2.00. The summed E-state index contributed by atoms with van der Waals surface area (Å²) in [7, 11) is 1.68. The summed E-state index contributed by atoms with van der Waals surface area (Å²) in [6, 6.07) is 10.2. The second kappa shape index (κ2) is 7.59. The van der Waals surface area contributed by atoms with Gasteiger partial charge in [-0.2, -0.15) is 4.98 Å². The lowest BCUT2D eigenvalue weighted by Gasteiger charge is -2.10. The molecule has 2 rings (SSSR count). The zero-order valence-electron chi connectivity index (χ0n) is 12.8. The Labute approximate surface area is 125 Å². The molecule has 21 heavy (non-hydrogen) atoms. The van der Waals surface area contributed by atoms with Crippen LogP contribution in [-0.2, 0) is 11.3 Å². The first-order chi connectivity index (χ1) is 10.2. The van der Waals surface area contributed by atoms with Crippen molar-refractivity contribution in [3.8, 4) is 0 Å². The lowest BCUT2D eigenvalue weighted by Crippen LogP contribution is -2.11. The minimum Gasteiger partial charge on any atom is -0.383 e. The molecule has 0 fully saturated rings. The van der Waals surface area contributed by atoms with Crippen LogP contribution in [0, 0.1) is 13.8 Å². The van der Waals surface area contributed by atoms with Crippen molar-refractivity contribution >= 4 is 11.8 Å². The smallest absolute Gasteiger partial charge is 0.225 e. The van der Waals surface area contributed by atoms with E-state index >= 15 is 0 Å². The van der Waals surface area contributed by atoms with E-state index < -0.39 is 0 Å². The molecule has 5 heteroatoms. The first-order valence-electron chi connectivity index (χ1n) is 7.06. The highest BCUT2D eigenvalue weighted by molar-refractivity contribution is 5.42. The van der Waals surface area contributed by atoms with Gasteiger partial charge in [0.1, 0.15) is 5.82 Å². The molecular weight excluding hydrogens is 264 g/mol. The van der Waals surface area contributed by atoms with E-state index in [1.54, 1.807) is 7.11 Å². The highest BCUT2D eigenvalue weighted by atomic mass is 16.5. The summed E-state index contributed by atoms with van der Waals surface area (Å²) in [5.41, 5.74) is 3.43. The number of methoxy groups -OCH3 is 1. The molecule has 2 N–H and O–H groups in total.